The smallest absolute Gasteiger partial charge is 0.320 e. The van der Waals surface area contributed by atoms with Crippen LogP contribution in [0.3, 0.4) is 0 Å². The van der Waals surface area contributed by atoms with Gasteiger partial charge in [-0.2, -0.15) is 5.21 Å². The lowest BCUT2D eigenvalue weighted by atomic mass is 9.98. The van der Waals surface area contributed by atoms with Crippen LogP contribution in [-0.2, 0) is 33.9 Å². The highest BCUT2D eigenvalue weighted by atomic mass is 35.5. The van der Waals surface area contributed by atoms with Crippen LogP contribution in [0, 0.1) is 5.92 Å². The number of aromatic amines is 1. The maximum absolute atomic E-state index is 12.5. The predicted octanol–water partition coefficient (Wildman–Crippen LogP) is 4.66. The van der Waals surface area contributed by atoms with Crippen LogP contribution in [0.5, 0.6) is 0 Å². The van der Waals surface area contributed by atoms with Crippen LogP contribution in [0.4, 0.5) is 0 Å². The summed E-state index contributed by atoms with van der Waals surface area (Å²) in [7, 11) is 0. The zero-order valence-corrected chi connectivity index (χ0v) is 24.2. The van der Waals surface area contributed by atoms with Crippen LogP contribution in [-0.4, -0.2) is 59.8 Å². The lowest BCUT2D eigenvalue weighted by Crippen LogP contribution is -2.33. The minimum absolute atomic E-state index is 0.00293. The summed E-state index contributed by atoms with van der Waals surface area (Å²) in [6.45, 7) is 2.66. The SMILES string of the molecule is CCCCc1nc(Cl)c(COC(=O)CNC2CCC(C(=O)O)C2)n1Cc1ccc(-c2ccccc2-c2nn[nH]n2)cc1. The number of imidazole rings is 1. The number of carboxylic acid groups (broad SMARTS) is 1. The number of aryl methyl sites for hydroxylation is 1. The summed E-state index contributed by atoms with van der Waals surface area (Å²) in [6, 6.07) is 16.1. The summed E-state index contributed by atoms with van der Waals surface area (Å²) in [5.74, 6) is -0.180. The molecular formula is C30H34ClN7O4. The Hall–Kier alpha value is -4.09. The number of halogens is 1. The van der Waals surface area contributed by atoms with Gasteiger partial charge in [-0.15, -0.1) is 10.2 Å². The van der Waals surface area contributed by atoms with Gasteiger partial charge in [-0.3, -0.25) is 9.59 Å². The van der Waals surface area contributed by atoms with Gasteiger partial charge < -0.3 is 19.7 Å². The van der Waals surface area contributed by atoms with Crippen molar-refractivity contribution >= 4 is 23.5 Å². The lowest BCUT2D eigenvalue weighted by Gasteiger charge is -2.15. The van der Waals surface area contributed by atoms with Gasteiger partial charge in [0.2, 0.25) is 5.82 Å². The van der Waals surface area contributed by atoms with Gasteiger partial charge in [-0.25, -0.2) is 4.98 Å². The number of unbranched alkanes of at least 4 members (excludes halogenated alkanes) is 1. The highest BCUT2D eigenvalue weighted by Gasteiger charge is 2.29. The molecule has 0 aliphatic heterocycles. The third-order valence-electron chi connectivity index (χ3n) is 7.66. The van der Waals surface area contributed by atoms with Crippen LogP contribution in [0.25, 0.3) is 22.5 Å². The fraction of sp³-hybridized carbons (Fsp3) is 0.400. The van der Waals surface area contributed by atoms with Crippen LogP contribution in [0.15, 0.2) is 48.5 Å². The molecule has 2 aromatic carbocycles. The molecule has 2 atom stereocenters. The number of carboxylic acids is 1. The number of nitrogens with zero attached hydrogens (tertiary/aromatic N) is 5. The van der Waals surface area contributed by atoms with Gasteiger partial charge in [-0.1, -0.05) is 73.5 Å². The Morgan fingerprint density at radius 3 is 2.62 bits per heavy atom. The molecule has 12 heteroatoms. The number of esters is 1. The molecule has 2 unspecified atom stereocenters. The van der Waals surface area contributed by atoms with E-state index in [0.29, 0.717) is 36.1 Å². The number of hydrogen-bond acceptors (Lipinski definition) is 8. The maximum atomic E-state index is 12.5. The van der Waals surface area contributed by atoms with Crippen molar-refractivity contribution in [1.82, 2.24) is 35.5 Å². The largest absolute Gasteiger partial charge is 0.481 e. The van der Waals surface area contributed by atoms with Gasteiger partial charge in [-0.05, 0) is 47.6 Å². The molecule has 1 saturated carbocycles. The fourth-order valence-corrected chi connectivity index (χ4v) is 5.61. The molecule has 220 valence electrons. The van der Waals surface area contributed by atoms with Crippen molar-refractivity contribution in [3.8, 4) is 22.5 Å². The second-order valence-corrected chi connectivity index (χ2v) is 10.9. The van der Waals surface area contributed by atoms with E-state index in [1.54, 1.807) is 0 Å². The normalized spacial score (nSPS) is 16.5. The molecule has 2 aromatic heterocycles. The third kappa shape index (κ3) is 7.03. The average Bonchev–Trinajstić information content (AvgIpc) is 3.76. The second kappa shape index (κ2) is 13.7. The molecule has 5 rings (SSSR count). The first kappa shape index (κ1) is 29.4. The maximum Gasteiger partial charge on any atom is 0.320 e. The number of carbonyl (C=O) groups is 2. The van der Waals surface area contributed by atoms with Crippen molar-refractivity contribution in [2.24, 2.45) is 5.92 Å². The summed E-state index contributed by atoms with van der Waals surface area (Å²) < 4.78 is 7.62. The van der Waals surface area contributed by atoms with Gasteiger partial charge in [0.15, 0.2) is 5.15 Å². The van der Waals surface area contributed by atoms with Gasteiger partial charge in [0, 0.05) is 24.6 Å². The van der Waals surface area contributed by atoms with E-state index in [-0.39, 0.29) is 25.1 Å². The number of hydrogen-bond donors (Lipinski definition) is 3. The zero-order valence-electron chi connectivity index (χ0n) is 23.4. The Labute approximate surface area is 248 Å². The molecule has 0 radical (unpaired) electrons. The molecule has 1 aliphatic rings. The first-order valence-electron chi connectivity index (χ1n) is 14.2. The third-order valence-corrected chi connectivity index (χ3v) is 7.97. The highest BCUT2D eigenvalue weighted by molar-refractivity contribution is 6.30. The molecule has 11 nitrogen and oxygen atoms in total. The van der Waals surface area contributed by atoms with Crippen molar-refractivity contribution in [2.75, 3.05) is 6.54 Å². The summed E-state index contributed by atoms with van der Waals surface area (Å²) in [4.78, 5) is 28.3. The quantitative estimate of drug-likeness (QED) is 0.189. The molecule has 0 amide bonds. The standard InChI is InChI=1S/C30H34ClN7O4/c1-2-3-8-26-33-28(31)25(18-42-27(39)16-32-22-14-13-21(15-22)30(40)41)38(26)17-19-9-11-20(12-10-19)23-6-4-5-7-24(23)29-34-36-37-35-29/h4-7,9-12,21-22,32H,2-3,8,13-18H2,1H3,(H,40,41)(H,34,35,36,37). The monoisotopic (exact) mass is 591 g/mol. The van der Waals surface area contributed by atoms with E-state index in [4.69, 9.17) is 16.3 Å². The lowest BCUT2D eigenvalue weighted by molar-refractivity contribution is -0.144. The van der Waals surface area contributed by atoms with Crippen LogP contribution >= 0.6 is 11.6 Å². The molecule has 0 spiro atoms. The summed E-state index contributed by atoms with van der Waals surface area (Å²) in [6.07, 6.45) is 4.59. The Morgan fingerprint density at radius 1 is 1.14 bits per heavy atom. The van der Waals surface area contributed by atoms with E-state index >= 15 is 0 Å². The number of tetrazole rings is 1. The molecule has 2 heterocycles. The van der Waals surface area contributed by atoms with Crippen LogP contribution < -0.4 is 5.32 Å². The zero-order chi connectivity index (χ0) is 29.5. The van der Waals surface area contributed by atoms with Crippen LogP contribution in [0.1, 0.15) is 56.1 Å². The van der Waals surface area contributed by atoms with E-state index in [2.05, 4.69) is 62.1 Å². The minimum atomic E-state index is -0.785. The molecule has 1 aliphatic carbocycles. The van der Waals surface area contributed by atoms with Crippen molar-refractivity contribution in [3.63, 3.8) is 0 Å². The number of carbonyl (C=O) groups excluding carboxylic acids is 1. The van der Waals surface area contributed by atoms with Crippen LogP contribution in [0.2, 0.25) is 5.15 Å². The molecule has 3 N–H and O–H groups in total. The molecule has 0 saturated heterocycles. The topological polar surface area (TPSA) is 148 Å². The first-order chi connectivity index (χ1) is 20.4. The Morgan fingerprint density at radius 2 is 1.93 bits per heavy atom. The highest BCUT2D eigenvalue weighted by Crippen LogP contribution is 2.30. The van der Waals surface area contributed by atoms with E-state index in [9.17, 15) is 14.7 Å². The van der Waals surface area contributed by atoms with Gasteiger partial charge >= 0.3 is 11.9 Å². The number of H-pyrrole nitrogens is 1. The number of aliphatic carboxylic acids is 1. The number of ether oxygens (including phenoxy) is 1. The summed E-state index contributed by atoms with van der Waals surface area (Å²) in [5.41, 5.74) is 4.60. The van der Waals surface area contributed by atoms with Crippen molar-refractivity contribution < 1.29 is 19.4 Å². The van der Waals surface area contributed by atoms with E-state index in [0.717, 1.165) is 53.8 Å². The molecule has 0 bridgehead atoms. The van der Waals surface area contributed by atoms with E-state index in [1.165, 1.54) is 0 Å². The number of aromatic nitrogens is 6. The molecule has 42 heavy (non-hydrogen) atoms. The molecular weight excluding hydrogens is 558 g/mol. The fourth-order valence-electron chi connectivity index (χ4n) is 5.35. The Bertz CT molecular complexity index is 1500. The minimum Gasteiger partial charge on any atom is -0.481 e. The number of benzene rings is 2. The van der Waals surface area contributed by atoms with Gasteiger partial charge in [0.05, 0.1) is 18.2 Å². The number of nitrogens with one attached hydrogen (secondary N) is 2. The van der Waals surface area contributed by atoms with Crippen molar-refractivity contribution in [2.45, 2.75) is 64.6 Å². The van der Waals surface area contributed by atoms with Crippen molar-refractivity contribution in [3.05, 3.63) is 70.8 Å². The van der Waals surface area contributed by atoms with E-state index < -0.39 is 11.9 Å². The van der Waals surface area contributed by atoms with Gasteiger partial charge in [0.25, 0.3) is 0 Å². The van der Waals surface area contributed by atoms with E-state index in [1.807, 2.05) is 28.8 Å². The summed E-state index contributed by atoms with van der Waals surface area (Å²) in [5, 5.41) is 27.1. The number of rotatable bonds is 13. The Balaban J connectivity index is 1.27. The van der Waals surface area contributed by atoms with Gasteiger partial charge in [0.1, 0.15) is 12.4 Å². The second-order valence-electron chi connectivity index (χ2n) is 10.5. The van der Waals surface area contributed by atoms with Crippen molar-refractivity contribution in [1.29, 1.82) is 0 Å². The Kier molecular flexibility index (Phi) is 9.60. The molecule has 4 aromatic rings. The summed E-state index contributed by atoms with van der Waals surface area (Å²) >= 11 is 6.56. The average molecular weight is 592 g/mol. The predicted molar refractivity (Wildman–Crippen MR) is 157 cm³/mol. The molecule has 1 fully saturated rings. The first-order valence-corrected chi connectivity index (χ1v) is 14.6.